The molecule has 0 aliphatic heterocycles. The molecule has 3 unspecified atom stereocenters. The number of amides is 2. The first-order valence-corrected chi connectivity index (χ1v) is 9.99. The minimum absolute atomic E-state index is 0.136. The molecule has 0 saturated heterocycles. The average Bonchev–Trinajstić information content (AvgIpc) is 2.62. The van der Waals surface area contributed by atoms with Crippen LogP contribution in [0.4, 0.5) is 0 Å². The number of hydrogen-bond donors (Lipinski definition) is 2. The molecule has 1 aliphatic rings. The Bertz CT molecular complexity index is 665. The van der Waals surface area contributed by atoms with Gasteiger partial charge in [0.2, 0.25) is 0 Å². The van der Waals surface area contributed by atoms with Gasteiger partial charge >= 0.3 is 5.97 Å². The van der Waals surface area contributed by atoms with Crippen LogP contribution in [0.15, 0.2) is 24.3 Å². The Morgan fingerprint density at radius 2 is 1.92 bits per heavy atom. The van der Waals surface area contributed by atoms with E-state index in [-0.39, 0.29) is 24.4 Å². The quantitative estimate of drug-likeness (QED) is 0.493. The first kappa shape index (κ1) is 20.7. The van der Waals surface area contributed by atoms with Gasteiger partial charge < -0.3 is 15.4 Å². The molecule has 0 radical (unpaired) electrons. The predicted molar refractivity (Wildman–Crippen MR) is 107 cm³/mol. The largest absolute Gasteiger partial charge is 0.451 e. The SMILES string of the molecule is CC(OC(=O)CNC(=O)c1ccccc1I)C(=O)NC1CCCCC1C. The summed E-state index contributed by atoms with van der Waals surface area (Å²) in [5.41, 5.74) is 0.498. The Morgan fingerprint density at radius 3 is 2.62 bits per heavy atom. The third-order valence-electron chi connectivity index (χ3n) is 4.63. The van der Waals surface area contributed by atoms with E-state index in [0.29, 0.717) is 11.5 Å². The van der Waals surface area contributed by atoms with Crippen molar-refractivity contribution in [1.82, 2.24) is 10.6 Å². The number of halogens is 1. The highest BCUT2D eigenvalue weighted by Gasteiger charge is 2.26. The molecule has 1 aromatic rings. The van der Waals surface area contributed by atoms with Crippen molar-refractivity contribution in [2.75, 3.05) is 6.54 Å². The molecule has 7 heteroatoms. The van der Waals surface area contributed by atoms with Gasteiger partial charge in [0.25, 0.3) is 11.8 Å². The van der Waals surface area contributed by atoms with Gasteiger partial charge in [0.15, 0.2) is 6.10 Å². The fraction of sp³-hybridized carbons (Fsp3) is 0.526. The zero-order valence-corrected chi connectivity index (χ0v) is 17.2. The van der Waals surface area contributed by atoms with Crippen LogP contribution in [0.5, 0.6) is 0 Å². The van der Waals surface area contributed by atoms with Crippen molar-refractivity contribution >= 4 is 40.4 Å². The Morgan fingerprint density at radius 1 is 1.23 bits per heavy atom. The molecule has 0 bridgehead atoms. The second kappa shape index (κ2) is 9.89. The van der Waals surface area contributed by atoms with Crippen LogP contribution in [-0.4, -0.2) is 36.5 Å². The third kappa shape index (κ3) is 5.96. The van der Waals surface area contributed by atoms with Gasteiger partial charge in [0.05, 0.1) is 5.56 Å². The van der Waals surface area contributed by atoms with E-state index in [4.69, 9.17) is 4.74 Å². The van der Waals surface area contributed by atoms with E-state index in [1.807, 2.05) is 12.1 Å². The molecule has 2 amide bonds. The van der Waals surface area contributed by atoms with Gasteiger partial charge in [-0.25, -0.2) is 0 Å². The molecule has 1 aromatic carbocycles. The zero-order chi connectivity index (χ0) is 19.1. The molecule has 1 aliphatic carbocycles. The summed E-state index contributed by atoms with van der Waals surface area (Å²) in [7, 11) is 0. The van der Waals surface area contributed by atoms with Gasteiger partial charge in [-0.2, -0.15) is 0 Å². The summed E-state index contributed by atoms with van der Waals surface area (Å²) in [6.07, 6.45) is 3.47. The van der Waals surface area contributed by atoms with Gasteiger partial charge in [0, 0.05) is 9.61 Å². The Hall–Kier alpha value is -1.64. The molecule has 2 rings (SSSR count). The van der Waals surface area contributed by atoms with E-state index in [1.54, 1.807) is 19.1 Å². The molecule has 0 heterocycles. The fourth-order valence-electron chi connectivity index (χ4n) is 3.02. The van der Waals surface area contributed by atoms with Crippen LogP contribution >= 0.6 is 22.6 Å². The van der Waals surface area contributed by atoms with E-state index in [2.05, 4.69) is 40.1 Å². The summed E-state index contributed by atoms with van der Waals surface area (Å²) in [5, 5.41) is 5.49. The van der Waals surface area contributed by atoms with E-state index in [1.165, 1.54) is 6.42 Å². The molecular weight excluding hydrogens is 447 g/mol. The maximum Gasteiger partial charge on any atom is 0.326 e. The number of ether oxygens (including phenoxy) is 1. The number of benzene rings is 1. The Kier molecular flexibility index (Phi) is 7.86. The van der Waals surface area contributed by atoms with Gasteiger partial charge in [-0.15, -0.1) is 0 Å². The Balaban J connectivity index is 1.76. The summed E-state index contributed by atoms with van der Waals surface area (Å²) in [4.78, 5) is 36.2. The second-order valence-electron chi connectivity index (χ2n) is 6.67. The number of hydrogen-bond acceptors (Lipinski definition) is 4. The molecule has 1 saturated carbocycles. The maximum atomic E-state index is 12.2. The molecular formula is C19H25IN2O4. The average molecular weight is 472 g/mol. The monoisotopic (exact) mass is 472 g/mol. The summed E-state index contributed by atoms with van der Waals surface area (Å²) < 4.78 is 5.93. The normalized spacial score (nSPS) is 20.7. The molecule has 142 valence electrons. The molecule has 2 N–H and O–H groups in total. The molecule has 6 nitrogen and oxygen atoms in total. The fourth-order valence-corrected chi connectivity index (χ4v) is 3.65. The maximum absolute atomic E-state index is 12.2. The van der Waals surface area contributed by atoms with Crippen molar-refractivity contribution in [3.05, 3.63) is 33.4 Å². The third-order valence-corrected chi connectivity index (χ3v) is 5.57. The number of carbonyl (C=O) groups excluding carboxylic acids is 3. The number of esters is 1. The Labute approximate surface area is 167 Å². The minimum Gasteiger partial charge on any atom is -0.451 e. The lowest BCUT2D eigenvalue weighted by atomic mass is 9.86. The highest BCUT2D eigenvalue weighted by Crippen LogP contribution is 2.23. The molecule has 26 heavy (non-hydrogen) atoms. The van der Waals surface area contributed by atoms with E-state index in [0.717, 1.165) is 22.8 Å². The van der Waals surface area contributed by atoms with Gasteiger partial charge in [-0.1, -0.05) is 31.9 Å². The molecule has 0 aromatic heterocycles. The lowest BCUT2D eigenvalue weighted by molar-refractivity contribution is -0.154. The standard InChI is InChI=1S/C19H25IN2O4/c1-12-7-3-6-10-16(12)22-18(24)13(2)26-17(23)11-21-19(25)14-8-4-5-9-15(14)20/h4-5,8-9,12-13,16H,3,6-7,10-11H2,1-2H3,(H,21,25)(H,22,24). The number of carbonyl (C=O) groups is 3. The lowest BCUT2D eigenvalue weighted by Gasteiger charge is -2.30. The summed E-state index contributed by atoms with van der Waals surface area (Å²) in [6, 6.07) is 7.22. The van der Waals surface area contributed by atoms with Crippen LogP contribution in [0.1, 0.15) is 49.9 Å². The molecule has 3 atom stereocenters. The van der Waals surface area contributed by atoms with E-state index < -0.39 is 12.1 Å². The van der Waals surface area contributed by atoms with Crippen LogP contribution in [0.2, 0.25) is 0 Å². The van der Waals surface area contributed by atoms with Crippen LogP contribution in [0, 0.1) is 9.49 Å². The lowest BCUT2D eigenvalue weighted by Crippen LogP contribution is -2.46. The molecule has 1 fully saturated rings. The van der Waals surface area contributed by atoms with Crippen molar-refractivity contribution < 1.29 is 19.1 Å². The van der Waals surface area contributed by atoms with Crippen molar-refractivity contribution in [1.29, 1.82) is 0 Å². The number of nitrogens with one attached hydrogen (secondary N) is 2. The van der Waals surface area contributed by atoms with Gasteiger partial charge in [0.1, 0.15) is 6.54 Å². The van der Waals surface area contributed by atoms with Crippen LogP contribution in [0.25, 0.3) is 0 Å². The molecule has 0 spiro atoms. The zero-order valence-electron chi connectivity index (χ0n) is 15.1. The predicted octanol–water partition coefficient (Wildman–Crippen LogP) is 2.65. The second-order valence-corrected chi connectivity index (χ2v) is 7.83. The van der Waals surface area contributed by atoms with Gasteiger partial charge in [-0.05, 0) is 60.4 Å². The van der Waals surface area contributed by atoms with E-state index in [9.17, 15) is 14.4 Å². The first-order chi connectivity index (χ1) is 12.4. The summed E-state index contributed by atoms with van der Waals surface area (Å²) >= 11 is 2.06. The minimum atomic E-state index is -0.884. The van der Waals surface area contributed by atoms with Crippen molar-refractivity contribution in [3.63, 3.8) is 0 Å². The van der Waals surface area contributed by atoms with Crippen LogP contribution < -0.4 is 10.6 Å². The van der Waals surface area contributed by atoms with Crippen molar-refractivity contribution in [2.24, 2.45) is 5.92 Å². The first-order valence-electron chi connectivity index (χ1n) is 8.91. The topological polar surface area (TPSA) is 84.5 Å². The van der Waals surface area contributed by atoms with Gasteiger partial charge in [-0.3, -0.25) is 14.4 Å². The smallest absolute Gasteiger partial charge is 0.326 e. The highest BCUT2D eigenvalue weighted by atomic mass is 127. The van der Waals surface area contributed by atoms with Crippen molar-refractivity contribution in [2.45, 2.75) is 51.7 Å². The number of rotatable bonds is 6. The van der Waals surface area contributed by atoms with Crippen LogP contribution in [0.3, 0.4) is 0 Å². The van der Waals surface area contributed by atoms with Crippen molar-refractivity contribution in [3.8, 4) is 0 Å². The van der Waals surface area contributed by atoms with E-state index >= 15 is 0 Å². The summed E-state index contributed by atoms with van der Waals surface area (Å²) in [5.74, 6) is -0.840. The highest BCUT2D eigenvalue weighted by molar-refractivity contribution is 14.1. The van der Waals surface area contributed by atoms with Crippen LogP contribution in [-0.2, 0) is 14.3 Å². The summed E-state index contributed by atoms with van der Waals surface area (Å²) in [6.45, 7) is 3.39.